The number of benzene rings is 1. The Kier molecular flexibility index (Phi) is 5.58. The third-order valence-corrected chi connectivity index (χ3v) is 2.79. The van der Waals surface area contributed by atoms with Gasteiger partial charge in [-0.25, -0.2) is 4.79 Å². The van der Waals surface area contributed by atoms with Gasteiger partial charge in [-0.3, -0.25) is 4.55 Å². The third kappa shape index (κ3) is 7.27. The first kappa shape index (κ1) is 15.3. The quantitative estimate of drug-likeness (QED) is 0.538. The fraction of sp³-hybridized carbons (Fsp3) is 0.364. The van der Waals surface area contributed by atoms with Gasteiger partial charge in [0.05, 0.1) is 12.4 Å². The highest BCUT2D eigenvalue weighted by Crippen LogP contribution is 2.19. The number of carboxylic acid groups (broad SMARTS) is 1. The molecule has 0 radical (unpaired) electrons. The Labute approximate surface area is 110 Å². The van der Waals surface area contributed by atoms with Gasteiger partial charge in [0.1, 0.15) is 11.5 Å². The van der Waals surface area contributed by atoms with Crippen molar-refractivity contribution in [2.75, 3.05) is 19.0 Å². The van der Waals surface area contributed by atoms with Gasteiger partial charge < -0.3 is 14.6 Å². The molecule has 0 aliphatic rings. The molecule has 2 N–H and O–H groups in total. The van der Waals surface area contributed by atoms with E-state index in [9.17, 15) is 13.2 Å². The lowest BCUT2D eigenvalue weighted by atomic mass is 10.3. The minimum absolute atomic E-state index is 0.113. The minimum atomic E-state index is -3.97. The summed E-state index contributed by atoms with van der Waals surface area (Å²) in [6, 6.07) is 6.32. The second-order valence-corrected chi connectivity index (χ2v) is 5.22. The molecule has 7 nitrogen and oxygen atoms in total. The standard InChI is InChI=1S/C11H14O7S/c12-11(13)8-18-10-4-1-3-9(7-10)17-5-2-6-19(14,15)16/h1,3-4,7H,2,5-6,8H2,(H,12,13)(H,14,15,16). The molecular weight excluding hydrogens is 276 g/mol. The van der Waals surface area contributed by atoms with E-state index in [-0.39, 0.29) is 18.8 Å². The molecular formula is C11H14O7S. The van der Waals surface area contributed by atoms with Crippen LogP contribution in [0.15, 0.2) is 24.3 Å². The van der Waals surface area contributed by atoms with Gasteiger partial charge in [0.25, 0.3) is 10.1 Å². The summed E-state index contributed by atoms with van der Waals surface area (Å²) in [4.78, 5) is 10.3. The predicted octanol–water partition coefficient (Wildman–Crippen LogP) is 0.807. The van der Waals surface area contributed by atoms with Crippen LogP contribution in [0.1, 0.15) is 6.42 Å². The van der Waals surface area contributed by atoms with E-state index in [2.05, 4.69) is 0 Å². The Bertz CT molecular complexity index is 524. The average Bonchev–Trinajstić information content (AvgIpc) is 2.32. The molecule has 0 saturated carbocycles. The summed E-state index contributed by atoms with van der Waals surface area (Å²) >= 11 is 0. The largest absolute Gasteiger partial charge is 0.493 e. The maximum absolute atomic E-state index is 10.5. The Morgan fingerprint density at radius 3 is 2.42 bits per heavy atom. The van der Waals surface area contributed by atoms with E-state index in [1.165, 1.54) is 6.07 Å². The summed E-state index contributed by atoms with van der Waals surface area (Å²) in [5.41, 5.74) is 0. The van der Waals surface area contributed by atoms with Crippen LogP contribution in [-0.4, -0.2) is 43.0 Å². The number of rotatable bonds is 8. The van der Waals surface area contributed by atoms with Gasteiger partial charge >= 0.3 is 5.97 Å². The molecule has 0 saturated heterocycles. The van der Waals surface area contributed by atoms with Crippen LogP contribution in [0, 0.1) is 0 Å². The van der Waals surface area contributed by atoms with Gasteiger partial charge in [-0.2, -0.15) is 8.42 Å². The normalized spacial score (nSPS) is 11.0. The zero-order chi connectivity index (χ0) is 14.3. The number of ether oxygens (including phenoxy) is 2. The predicted molar refractivity (Wildman–Crippen MR) is 66.1 cm³/mol. The van der Waals surface area contributed by atoms with Crippen LogP contribution in [0.5, 0.6) is 11.5 Å². The molecule has 8 heteroatoms. The molecule has 106 valence electrons. The van der Waals surface area contributed by atoms with Crippen molar-refractivity contribution in [3.63, 3.8) is 0 Å². The van der Waals surface area contributed by atoms with Gasteiger partial charge in [0, 0.05) is 6.07 Å². The summed E-state index contributed by atoms with van der Waals surface area (Å²) in [5.74, 6) is -0.685. The van der Waals surface area contributed by atoms with E-state index in [4.69, 9.17) is 19.1 Å². The number of carboxylic acids is 1. The topological polar surface area (TPSA) is 110 Å². The van der Waals surface area contributed by atoms with Gasteiger partial charge in [0.15, 0.2) is 6.61 Å². The molecule has 0 fully saturated rings. The molecule has 19 heavy (non-hydrogen) atoms. The highest BCUT2D eigenvalue weighted by molar-refractivity contribution is 7.85. The van der Waals surface area contributed by atoms with Crippen molar-refractivity contribution in [1.29, 1.82) is 0 Å². The molecule has 0 heterocycles. The highest BCUT2D eigenvalue weighted by atomic mass is 32.2. The van der Waals surface area contributed by atoms with Crippen LogP contribution in [0.2, 0.25) is 0 Å². The second-order valence-electron chi connectivity index (χ2n) is 3.65. The summed E-state index contributed by atoms with van der Waals surface area (Å²) in [7, 11) is -3.97. The number of hydrogen-bond acceptors (Lipinski definition) is 5. The fourth-order valence-corrected chi connectivity index (χ4v) is 1.71. The monoisotopic (exact) mass is 290 g/mol. The van der Waals surface area contributed by atoms with E-state index in [0.29, 0.717) is 11.5 Å². The van der Waals surface area contributed by atoms with E-state index in [1.807, 2.05) is 0 Å². The smallest absolute Gasteiger partial charge is 0.341 e. The highest BCUT2D eigenvalue weighted by Gasteiger charge is 2.05. The van der Waals surface area contributed by atoms with E-state index in [1.54, 1.807) is 18.2 Å². The number of aliphatic carboxylic acids is 1. The lowest BCUT2D eigenvalue weighted by Gasteiger charge is -2.08. The molecule has 0 amide bonds. The zero-order valence-electron chi connectivity index (χ0n) is 9.98. The first-order valence-corrected chi connectivity index (χ1v) is 7.00. The number of hydrogen-bond donors (Lipinski definition) is 2. The Hall–Kier alpha value is -1.80. The second kappa shape index (κ2) is 6.95. The Balaban J connectivity index is 2.41. The van der Waals surface area contributed by atoms with Crippen LogP contribution in [0.25, 0.3) is 0 Å². The van der Waals surface area contributed by atoms with Crippen LogP contribution in [0.3, 0.4) is 0 Å². The first-order chi connectivity index (χ1) is 8.87. The van der Waals surface area contributed by atoms with Gasteiger partial charge in [0.2, 0.25) is 0 Å². The van der Waals surface area contributed by atoms with Crippen molar-refractivity contribution in [2.24, 2.45) is 0 Å². The average molecular weight is 290 g/mol. The van der Waals surface area contributed by atoms with Crippen molar-refractivity contribution in [2.45, 2.75) is 6.42 Å². The van der Waals surface area contributed by atoms with E-state index < -0.39 is 22.7 Å². The van der Waals surface area contributed by atoms with E-state index >= 15 is 0 Å². The lowest BCUT2D eigenvalue weighted by molar-refractivity contribution is -0.139. The molecule has 0 spiro atoms. The first-order valence-electron chi connectivity index (χ1n) is 5.39. The minimum Gasteiger partial charge on any atom is -0.493 e. The molecule has 0 unspecified atom stereocenters. The van der Waals surface area contributed by atoms with Crippen LogP contribution < -0.4 is 9.47 Å². The SMILES string of the molecule is O=C(O)COc1cccc(OCCCS(=O)(=O)O)c1. The van der Waals surface area contributed by atoms with Gasteiger partial charge in [-0.05, 0) is 18.6 Å². The van der Waals surface area contributed by atoms with Gasteiger partial charge in [-0.1, -0.05) is 6.07 Å². The van der Waals surface area contributed by atoms with Gasteiger partial charge in [-0.15, -0.1) is 0 Å². The van der Waals surface area contributed by atoms with Crippen LogP contribution >= 0.6 is 0 Å². The molecule has 0 bridgehead atoms. The lowest BCUT2D eigenvalue weighted by Crippen LogP contribution is -2.10. The molecule has 1 rings (SSSR count). The summed E-state index contributed by atoms with van der Waals surface area (Å²) in [6.07, 6.45) is 0.152. The van der Waals surface area contributed by atoms with Crippen molar-refractivity contribution < 1.29 is 32.3 Å². The third-order valence-electron chi connectivity index (χ3n) is 1.98. The molecule has 0 aliphatic carbocycles. The maximum Gasteiger partial charge on any atom is 0.341 e. The van der Waals surface area contributed by atoms with Crippen LogP contribution in [-0.2, 0) is 14.9 Å². The molecule has 1 aromatic rings. The number of carbonyl (C=O) groups is 1. The fourth-order valence-electron chi connectivity index (χ4n) is 1.23. The van der Waals surface area contributed by atoms with Crippen LogP contribution in [0.4, 0.5) is 0 Å². The summed E-state index contributed by atoms with van der Waals surface area (Å²) in [6.45, 7) is -0.339. The summed E-state index contributed by atoms with van der Waals surface area (Å²) < 4.78 is 39.7. The van der Waals surface area contributed by atoms with E-state index in [0.717, 1.165) is 0 Å². The van der Waals surface area contributed by atoms with Crippen molar-refractivity contribution in [3.8, 4) is 11.5 Å². The molecule has 0 aliphatic heterocycles. The molecule has 0 aromatic heterocycles. The Morgan fingerprint density at radius 2 is 1.84 bits per heavy atom. The van der Waals surface area contributed by atoms with Crippen molar-refractivity contribution in [3.05, 3.63) is 24.3 Å². The molecule has 0 atom stereocenters. The van der Waals surface area contributed by atoms with Crippen molar-refractivity contribution in [1.82, 2.24) is 0 Å². The maximum atomic E-state index is 10.5. The summed E-state index contributed by atoms with van der Waals surface area (Å²) in [5, 5.41) is 8.46. The molecule has 1 aromatic carbocycles. The Morgan fingerprint density at radius 1 is 1.21 bits per heavy atom. The zero-order valence-corrected chi connectivity index (χ0v) is 10.8. The van der Waals surface area contributed by atoms with Crippen molar-refractivity contribution >= 4 is 16.1 Å².